The number of amides is 1. The number of nitriles is 1. The Morgan fingerprint density at radius 2 is 1.92 bits per heavy atom. The highest BCUT2D eigenvalue weighted by atomic mass is 35.5. The molecule has 0 saturated heterocycles. The molecule has 0 saturated carbocycles. The lowest BCUT2D eigenvalue weighted by Gasteiger charge is -2.07. The number of nitrogens with zero attached hydrogens (tertiary/aromatic N) is 1. The fraction of sp³-hybridized carbons (Fsp3) is 0.118. The molecule has 0 atom stereocenters. The molecular weight excluding hydrogens is 335 g/mol. The first kappa shape index (κ1) is 17.4. The van der Waals surface area contributed by atoms with E-state index < -0.39 is 24.3 Å². The van der Waals surface area contributed by atoms with Crippen molar-refractivity contribution in [1.82, 2.24) is 0 Å². The number of carbonyl (C=O) groups excluding carboxylic acids is 2. The van der Waals surface area contributed by atoms with Gasteiger partial charge in [0.1, 0.15) is 11.9 Å². The highest BCUT2D eigenvalue weighted by molar-refractivity contribution is 6.32. The Morgan fingerprint density at radius 1 is 1.21 bits per heavy atom. The molecule has 0 spiro atoms. The van der Waals surface area contributed by atoms with Crippen LogP contribution in [-0.4, -0.2) is 18.5 Å². The molecule has 0 fully saturated rings. The normalized spacial score (nSPS) is 9.88. The summed E-state index contributed by atoms with van der Waals surface area (Å²) < 4.78 is 17.6. The van der Waals surface area contributed by atoms with E-state index >= 15 is 0 Å². The zero-order valence-corrected chi connectivity index (χ0v) is 13.1. The van der Waals surface area contributed by atoms with Gasteiger partial charge >= 0.3 is 5.97 Å². The van der Waals surface area contributed by atoms with Crippen LogP contribution in [-0.2, 0) is 20.7 Å². The van der Waals surface area contributed by atoms with Crippen molar-refractivity contribution in [1.29, 1.82) is 5.26 Å². The zero-order chi connectivity index (χ0) is 17.5. The molecule has 0 aliphatic carbocycles. The van der Waals surface area contributed by atoms with Crippen LogP contribution in [0.4, 0.5) is 10.1 Å². The quantitative estimate of drug-likeness (QED) is 0.844. The Morgan fingerprint density at radius 3 is 2.54 bits per heavy atom. The van der Waals surface area contributed by atoms with Gasteiger partial charge in [-0.1, -0.05) is 23.7 Å². The Bertz CT molecular complexity index is 800. The van der Waals surface area contributed by atoms with Gasteiger partial charge in [0.2, 0.25) is 0 Å². The van der Waals surface area contributed by atoms with E-state index in [0.29, 0.717) is 16.8 Å². The van der Waals surface area contributed by atoms with Crippen molar-refractivity contribution in [3.05, 3.63) is 64.4 Å². The van der Waals surface area contributed by atoms with Gasteiger partial charge in [-0.2, -0.15) is 5.26 Å². The maximum atomic E-state index is 12.8. The highest BCUT2D eigenvalue weighted by Gasteiger charge is 2.10. The van der Waals surface area contributed by atoms with Crippen LogP contribution >= 0.6 is 11.6 Å². The summed E-state index contributed by atoms with van der Waals surface area (Å²) >= 11 is 5.86. The number of rotatable bonds is 5. The molecule has 0 radical (unpaired) electrons. The molecule has 0 unspecified atom stereocenters. The van der Waals surface area contributed by atoms with E-state index in [9.17, 15) is 14.0 Å². The van der Waals surface area contributed by atoms with Crippen LogP contribution in [0.5, 0.6) is 0 Å². The maximum Gasteiger partial charge on any atom is 0.310 e. The van der Waals surface area contributed by atoms with E-state index in [1.807, 2.05) is 6.07 Å². The molecule has 0 bridgehead atoms. The van der Waals surface area contributed by atoms with Gasteiger partial charge < -0.3 is 10.1 Å². The molecule has 2 aromatic rings. The molecule has 1 N–H and O–H groups in total. The summed E-state index contributed by atoms with van der Waals surface area (Å²) in [6.07, 6.45) is -0.0593. The minimum absolute atomic E-state index is 0.0593. The van der Waals surface area contributed by atoms with Gasteiger partial charge in [0.15, 0.2) is 6.61 Å². The van der Waals surface area contributed by atoms with E-state index in [1.165, 1.54) is 42.5 Å². The van der Waals surface area contributed by atoms with Crippen molar-refractivity contribution in [2.45, 2.75) is 6.42 Å². The number of carbonyl (C=O) groups is 2. The van der Waals surface area contributed by atoms with E-state index in [0.717, 1.165) is 0 Å². The van der Waals surface area contributed by atoms with Gasteiger partial charge in [-0.25, -0.2) is 4.39 Å². The molecule has 7 heteroatoms. The number of esters is 1. The van der Waals surface area contributed by atoms with Gasteiger partial charge in [-0.3, -0.25) is 9.59 Å². The van der Waals surface area contributed by atoms with Crippen molar-refractivity contribution in [3.63, 3.8) is 0 Å². The van der Waals surface area contributed by atoms with Crippen LogP contribution < -0.4 is 5.32 Å². The molecule has 0 aliphatic rings. The van der Waals surface area contributed by atoms with Gasteiger partial charge in [0.25, 0.3) is 5.91 Å². The average Bonchev–Trinajstić information content (AvgIpc) is 2.55. The van der Waals surface area contributed by atoms with E-state index in [1.54, 1.807) is 0 Å². The van der Waals surface area contributed by atoms with Crippen molar-refractivity contribution < 1.29 is 18.7 Å². The van der Waals surface area contributed by atoms with Gasteiger partial charge in [0, 0.05) is 5.69 Å². The van der Waals surface area contributed by atoms with E-state index in [4.69, 9.17) is 21.6 Å². The lowest BCUT2D eigenvalue weighted by atomic mass is 10.1. The number of nitrogens with one attached hydrogen (secondary N) is 1. The predicted octanol–water partition coefficient (Wildman–Crippen LogP) is 3.08. The SMILES string of the molecule is N#Cc1ccc(NC(=O)COC(=O)Cc2ccc(F)cc2)cc1Cl. The predicted molar refractivity (Wildman–Crippen MR) is 85.9 cm³/mol. The molecule has 1 amide bonds. The van der Waals surface area contributed by atoms with Crippen LogP contribution in [0.15, 0.2) is 42.5 Å². The number of ether oxygens (including phenoxy) is 1. The third-order valence-electron chi connectivity index (χ3n) is 3.00. The van der Waals surface area contributed by atoms with Crippen LogP contribution in [0, 0.1) is 17.1 Å². The van der Waals surface area contributed by atoms with Crippen LogP contribution in [0.1, 0.15) is 11.1 Å². The molecule has 24 heavy (non-hydrogen) atoms. The second-order valence-electron chi connectivity index (χ2n) is 4.82. The first-order valence-electron chi connectivity index (χ1n) is 6.87. The molecule has 0 aliphatic heterocycles. The van der Waals surface area contributed by atoms with Crippen molar-refractivity contribution >= 4 is 29.2 Å². The molecular formula is C17H12ClFN2O3. The Labute approximate surface area is 142 Å². The summed E-state index contributed by atoms with van der Waals surface area (Å²) in [4.78, 5) is 23.4. The standard InChI is InChI=1S/C17H12ClFN2O3/c18-15-8-14(6-3-12(15)9-20)21-16(22)10-24-17(23)7-11-1-4-13(19)5-2-11/h1-6,8H,7,10H2,(H,21,22). The molecule has 122 valence electrons. The molecule has 0 aromatic heterocycles. The fourth-order valence-electron chi connectivity index (χ4n) is 1.85. The van der Waals surface area contributed by atoms with Crippen molar-refractivity contribution in [3.8, 4) is 6.07 Å². The second-order valence-corrected chi connectivity index (χ2v) is 5.23. The lowest BCUT2D eigenvalue weighted by Crippen LogP contribution is -2.21. The zero-order valence-electron chi connectivity index (χ0n) is 12.4. The summed E-state index contributed by atoms with van der Waals surface area (Å²) in [6, 6.07) is 11.7. The van der Waals surface area contributed by atoms with Gasteiger partial charge in [0.05, 0.1) is 17.0 Å². The molecule has 5 nitrogen and oxygen atoms in total. The third-order valence-corrected chi connectivity index (χ3v) is 3.31. The van der Waals surface area contributed by atoms with Crippen molar-refractivity contribution in [2.24, 2.45) is 0 Å². The summed E-state index contributed by atoms with van der Waals surface area (Å²) in [5.41, 5.74) is 1.26. The molecule has 2 aromatic carbocycles. The van der Waals surface area contributed by atoms with Crippen LogP contribution in [0.3, 0.4) is 0 Å². The topological polar surface area (TPSA) is 79.2 Å². The highest BCUT2D eigenvalue weighted by Crippen LogP contribution is 2.20. The average molecular weight is 347 g/mol. The van der Waals surface area contributed by atoms with E-state index in [2.05, 4.69) is 5.32 Å². The fourth-order valence-corrected chi connectivity index (χ4v) is 2.07. The number of anilines is 1. The lowest BCUT2D eigenvalue weighted by molar-refractivity contribution is -0.146. The van der Waals surface area contributed by atoms with Crippen molar-refractivity contribution in [2.75, 3.05) is 11.9 Å². The molecule has 2 rings (SSSR count). The summed E-state index contributed by atoms with van der Waals surface area (Å²) in [5, 5.41) is 11.5. The van der Waals surface area contributed by atoms with Gasteiger partial charge in [-0.15, -0.1) is 0 Å². The minimum Gasteiger partial charge on any atom is -0.455 e. The maximum absolute atomic E-state index is 12.8. The monoisotopic (exact) mass is 346 g/mol. The summed E-state index contributed by atoms with van der Waals surface area (Å²) in [6.45, 7) is -0.461. The van der Waals surface area contributed by atoms with Crippen LogP contribution in [0.2, 0.25) is 5.02 Å². The second kappa shape index (κ2) is 8.09. The largest absolute Gasteiger partial charge is 0.455 e. The summed E-state index contributed by atoms with van der Waals surface area (Å²) in [7, 11) is 0. The minimum atomic E-state index is -0.602. The summed E-state index contributed by atoms with van der Waals surface area (Å²) in [5.74, 6) is -1.54. The Hall–Kier alpha value is -2.91. The number of halogens is 2. The number of benzene rings is 2. The smallest absolute Gasteiger partial charge is 0.310 e. The van der Waals surface area contributed by atoms with Crippen LogP contribution in [0.25, 0.3) is 0 Å². The Kier molecular flexibility index (Phi) is 5.88. The third kappa shape index (κ3) is 5.07. The van der Waals surface area contributed by atoms with E-state index in [-0.39, 0.29) is 11.4 Å². The number of hydrogen-bond donors (Lipinski definition) is 1. The van der Waals surface area contributed by atoms with Gasteiger partial charge in [-0.05, 0) is 35.9 Å². The molecule has 0 heterocycles. The first-order valence-corrected chi connectivity index (χ1v) is 7.25. The Balaban J connectivity index is 1.82. The number of hydrogen-bond acceptors (Lipinski definition) is 4. The first-order chi connectivity index (χ1) is 11.5.